The van der Waals surface area contributed by atoms with Gasteiger partial charge in [-0.05, 0) is 42.2 Å². The summed E-state index contributed by atoms with van der Waals surface area (Å²) in [5.74, 6) is -0.793. The van der Waals surface area contributed by atoms with Gasteiger partial charge < -0.3 is 10.1 Å². The second kappa shape index (κ2) is 10.3. The largest absolute Gasteiger partial charge is 0.494 e. The molecule has 0 bridgehead atoms. The van der Waals surface area contributed by atoms with Crippen molar-refractivity contribution in [1.82, 2.24) is 27.2 Å². The fourth-order valence-electron chi connectivity index (χ4n) is 4.32. The molecule has 2 aromatic carbocycles. The molecule has 1 amide bonds. The first kappa shape index (κ1) is 26.9. The molecule has 13 heteroatoms. The second-order valence-corrected chi connectivity index (χ2v) is 8.86. The van der Waals surface area contributed by atoms with Gasteiger partial charge in [-0.1, -0.05) is 42.0 Å². The first-order valence-corrected chi connectivity index (χ1v) is 11.4. The van der Waals surface area contributed by atoms with E-state index in [2.05, 4.69) is 27.2 Å². The standard InChI is InChI=1S/C24H25F6N5O2/c1-14-3-5-15(6-4-14)18-13-22(24(28,29)30,31-21(36)19(18)20-32-34-35-33-20)16-7-9-17(10-8-16)37-12-2-11-23(25,26)27/h3-10,20,32-35H,2,11-13H2,1H3,(H,31,36)/t22-/m1/s1. The van der Waals surface area contributed by atoms with E-state index in [1.54, 1.807) is 24.3 Å². The molecular weight excluding hydrogens is 504 g/mol. The van der Waals surface area contributed by atoms with Gasteiger partial charge in [0.15, 0.2) is 5.54 Å². The Kier molecular flexibility index (Phi) is 7.51. The van der Waals surface area contributed by atoms with Crippen molar-refractivity contribution in [2.45, 2.75) is 50.2 Å². The fourth-order valence-corrected chi connectivity index (χ4v) is 4.32. The normalized spacial score (nSPS) is 21.3. The first-order chi connectivity index (χ1) is 17.4. The highest BCUT2D eigenvalue weighted by Gasteiger charge is 2.60. The van der Waals surface area contributed by atoms with Crippen LogP contribution in [0.1, 0.15) is 36.0 Å². The SMILES string of the molecule is Cc1ccc(C2=C(C3NNNN3)C(=O)N[C@](c3ccc(OCCCC(F)(F)F)cc3)(C(F)(F)F)C2)cc1. The molecule has 0 radical (unpaired) electrons. The highest BCUT2D eigenvalue weighted by molar-refractivity contribution is 6.05. The minimum absolute atomic E-state index is 0.0887. The Balaban J connectivity index is 1.68. The predicted octanol–water partition coefficient (Wildman–Crippen LogP) is 3.89. The number of alkyl halides is 6. The summed E-state index contributed by atoms with van der Waals surface area (Å²) in [6, 6.07) is 11.7. The van der Waals surface area contributed by atoms with Crippen molar-refractivity contribution in [3.8, 4) is 5.75 Å². The van der Waals surface area contributed by atoms with Gasteiger partial charge in [0.2, 0.25) is 0 Å². The Hall–Kier alpha value is -3.13. The van der Waals surface area contributed by atoms with E-state index in [1.165, 1.54) is 24.3 Å². The van der Waals surface area contributed by atoms with Gasteiger partial charge >= 0.3 is 12.4 Å². The molecule has 5 N–H and O–H groups in total. The summed E-state index contributed by atoms with van der Waals surface area (Å²) in [6.45, 7) is 1.60. The average molecular weight is 529 g/mol. The molecule has 0 spiro atoms. The maximum atomic E-state index is 14.7. The van der Waals surface area contributed by atoms with Gasteiger partial charge in [0.1, 0.15) is 11.9 Å². The second-order valence-electron chi connectivity index (χ2n) is 8.86. The van der Waals surface area contributed by atoms with Crippen LogP contribution < -0.4 is 32.0 Å². The number of halogens is 6. The number of carbonyl (C=O) groups excluding carboxylic acids is 1. The van der Waals surface area contributed by atoms with Crippen molar-refractivity contribution in [2.75, 3.05) is 6.61 Å². The minimum atomic E-state index is -4.88. The Labute approximate surface area is 208 Å². The predicted molar refractivity (Wildman–Crippen MR) is 122 cm³/mol. The quantitative estimate of drug-likeness (QED) is 0.277. The van der Waals surface area contributed by atoms with Gasteiger partial charge in [0.05, 0.1) is 12.2 Å². The lowest BCUT2D eigenvalue weighted by Crippen LogP contribution is -2.60. The Bertz CT molecular complexity index is 1140. The van der Waals surface area contributed by atoms with Crippen molar-refractivity contribution in [2.24, 2.45) is 0 Å². The topological polar surface area (TPSA) is 86.5 Å². The molecule has 1 atom stereocenters. The summed E-state index contributed by atoms with van der Waals surface area (Å²) in [5, 5.41) is 2.19. The number of rotatable bonds is 7. The minimum Gasteiger partial charge on any atom is -0.494 e. The third-order valence-corrected chi connectivity index (χ3v) is 6.23. The summed E-state index contributed by atoms with van der Waals surface area (Å²) >= 11 is 0. The van der Waals surface area contributed by atoms with Crippen LogP contribution in [0.4, 0.5) is 26.3 Å². The van der Waals surface area contributed by atoms with Crippen LogP contribution in [0, 0.1) is 6.92 Å². The molecule has 0 aliphatic carbocycles. The van der Waals surface area contributed by atoms with Crippen LogP contribution in [-0.2, 0) is 10.3 Å². The Morgan fingerprint density at radius 2 is 1.57 bits per heavy atom. The van der Waals surface area contributed by atoms with Crippen molar-refractivity contribution in [3.05, 3.63) is 70.8 Å². The number of benzene rings is 2. The molecule has 1 saturated heterocycles. The van der Waals surface area contributed by atoms with Crippen LogP contribution in [0.2, 0.25) is 0 Å². The van der Waals surface area contributed by atoms with Crippen molar-refractivity contribution >= 4 is 11.5 Å². The number of hydrogen-bond donors (Lipinski definition) is 5. The van der Waals surface area contributed by atoms with Crippen LogP contribution in [0.3, 0.4) is 0 Å². The highest BCUT2D eigenvalue weighted by Crippen LogP contribution is 2.49. The van der Waals surface area contributed by atoms with Crippen LogP contribution >= 0.6 is 0 Å². The molecule has 2 aliphatic rings. The Morgan fingerprint density at radius 3 is 2.14 bits per heavy atom. The van der Waals surface area contributed by atoms with Crippen molar-refractivity contribution in [3.63, 3.8) is 0 Å². The summed E-state index contributed by atoms with van der Waals surface area (Å²) in [7, 11) is 0. The summed E-state index contributed by atoms with van der Waals surface area (Å²) < 4.78 is 86.4. The third-order valence-electron chi connectivity index (χ3n) is 6.23. The third kappa shape index (κ3) is 5.90. The van der Waals surface area contributed by atoms with E-state index in [9.17, 15) is 31.1 Å². The van der Waals surface area contributed by atoms with Crippen LogP contribution in [-0.4, -0.2) is 31.0 Å². The zero-order chi connectivity index (χ0) is 26.8. The average Bonchev–Trinajstić information content (AvgIpc) is 3.35. The number of nitrogens with one attached hydrogen (secondary N) is 5. The van der Waals surface area contributed by atoms with Crippen molar-refractivity contribution in [1.29, 1.82) is 0 Å². The van der Waals surface area contributed by atoms with Crippen LogP contribution in [0.15, 0.2) is 54.1 Å². The molecule has 4 rings (SSSR count). The zero-order valence-electron chi connectivity index (χ0n) is 19.6. The van der Waals surface area contributed by atoms with E-state index in [4.69, 9.17) is 4.74 Å². The molecule has 7 nitrogen and oxygen atoms in total. The van der Waals surface area contributed by atoms with E-state index in [0.717, 1.165) is 5.56 Å². The lowest BCUT2D eigenvalue weighted by molar-refractivity contribution is -0.202. The molecular formula is C24H25F6N5O2. The van der Waals surface area contributed by atoms with Crippen molar-refractivity contribution < 1.29 is 35.9 Å². The maximum Gasteiger partial charge on any atom is 0.416 e. The van der Waals surface area contributed by atoms with Gasteiger partial charge in [0, 0.05) is 12.8 Å². The molecule has 0 aromatic heterocycles. The molecule has 2 aromatic rings. The lowest BCUT2D eigenvalue weighted by Gasteiger charge is -2.42. The van der Waals surface area contributed by atoms with Gasteiger partial charge in [0.25, 0.3) is 5.91 Å². The van der Waals surface area contributed by atoms with Crippen LogP contribution in [0.5, 0.6) is 5.75 Å². The monoisotopic (exact) mass is 529 g/mol. The van der Waals surface area contributed by atoms with Gasteiger partial charge in [-0.25, -0.2) is 10.9 Å². The highest BCUT2D eigenvalue weighted by atomic mass is 19.4. The molecule has 0 unspecified atom stereocenters. The van der Waals surface area contributed by atoms with E-state index in [-0.39, 0.29) is 35.5 Å². The van der Waals surface area contributed by atoms with E-state index >= 15 is 0 Å². The lowest BCUT2D eigenvalue weighted by atomic mass is 9.76. The smallest absolute Gasteiger partial charge is 0.416 e. The fraction of sp³-hybridized carbons (Fsp3) is 0.375. The molecule has 2 aliphatic heterocycles. The van der Waals surface area contributed by atoms with E-state index in [1.807, 2.05) is 6.92 Å². The van der Waals surface area contributed by atoms with Gasteiger partial charge in [-0.15, -0.1) is 0 Å². The molecule has 2 heterocycles. The summed E-state index contributed by atoms with van der Waals surface area (Å²) in [4.78, 5) is 13.3. The Morgan fingerprint density at radius 1 is 0.946 bits per heavy atom. The maximum absolute atomic E-state index is 14.7. The molecule has 1 fully saturated rings. The van der Waals surface area contributed by atoms with E-state index in [0.29, 0.717) is 5.56 Å². The molecule has 200 valence electrons. The number of hydrazine groups is 3. The van der Waals surface area contributed by atoms with Crippen LogP contribution in [0.25, 0.3) is 5.57 Å². The number of aryl methyl sites for hydroxylation is 1. The first-order valence-electron chi connectivity index (χ1n) is 11.4. The number of ether oxygens (including phenoxy) is 1. The number of amides is 1. The number of hydrogen-bond acceptors (Lipinski definition) is 6. The molecule has 37 heavy (non-hydrogen) atoms. The van der Waals surface area contributed by atoms with Gasteiger partial charge in [-0.3, -0.25) is 4.79 Å². The molecule has 0 saturated carbocycles. The zero-order valence-corrected chi connectivity index (χ0v) is 19.6. The van der Waals surface area contributed by atoms with E-state index < -0.39 is 42.8 Å². The van der Waals surface area contributed by atoms with Gasteiger partial charge in [-0.2, -0.15) is 37.4 Å². The summed E-state index contributed by atoms with van der Waals surface area (Å²) in [5.41, 5.74) is 9.31. The number of carbonyl (C=O) groups is 1. The summed E-state index contributed by atoms with van der Waals surface area (Å²) in [6.07, 6.45) is -11.9.